The second-order valence-electron chi connectivity index (χ2n) is 8.24. The third-order valence-corrected chi connectivity index (χ3v) is 6.10. The molecule has 0 bridgehead atoms. The van der Waals surface area contributed by atoms with E-state index < -0.39 is 47.4 Å². The van der Waals surface area contributed by atoms with Gasteiger partial charge in [-0.15, -0.1) is 0 Å². The summed E-state index contributed by atoms with van der Waals surface area (Å²) in [6.07, 6.45) is -2.50. The van der Waals surface area contributed by atoms with Crippen molar-refractivity contribution >= 4 is 35.1 Å². The summed E-state index contributed by atoms with van der Waals surface area (Å²) >= 11 is 6.10. The highest BCUT2D eigenvalue weighted by Gasteiger charge is 2.62. The predicted molar refractivity (Wildman–Crippen MR) is 124 cm³/mol. The quantitative estimate of drug-likeness (QED) is 0.222. The van der Waals surface area contributed by atoms with Crippen LogP contribution in [0.5, 0.6) is 5.75 Å². The molecular weight excluding hydrogens is 563 g/mol. The van der Waals surface area contributed by atoms with Gasteiger partial charge < -0.3 is 20.4 Å². The summed E-state index contributed by atoms with van der Waals surface area (Å²) in [4.78, 5) is 18.4. The van der Waals surface area contributed by atoms with Crippen molar-refractivity contribution in [3.63, 3.8) is 0 Å². The molecule has 0 spiro atoms. The van der Waals surface area contributed by atoms with Crippen LogP contribution in [0.25, 0.3) is 5.57 Å². The number of pyridine rings is 1. The van der Waals surface area contributed by atoms with Crippen molar-refractivity contribution in [3.05, 3.63) is 40.4 Å². The second-order valence-corrected chi connectivity index (χ2v) is 8.60. The Morgan fingerprint density at radius 3 is 2.51 bits per heavy atom. The van der Waals surface area contributed by atoms with E-state index in [2.05, 4.69) is 26.2 Å². The number of anilines is 1. The highest BCUT2D eigenvalue weighted by molar-refractivity contribution is 6.32. The van der Waals surface area contributed by atoms with Gasteiger partial charge in [0.05, 0.1) is 11.6 Å². The van der Waals surface area contributed by atoms with Crippen LogP contribution in [0.15, 0.2) is 18.5 Å². The van der Waals surface area contributed by atoms with Crippen molar-refractivity contribution in [2.45, 2.75) is 44.0 Å². The zero-order chi connectivity index (χ0) is 29.3. The standard InChI is InChI=1S/C22H19ClF7N7O2/c1-3-37(20(10-32)4-5-20)18(38)13-6-11(8-33-16(13)23)12(7-31)9-34-17-14(39-19(24)25)15(35-36(17)2)21(26,27)22(28,29)30/h6-9,19,31,34H,3-5H2,1-2H3/b12-9+,31-7?. The Bertz CT molecular complexity index is 1350. The lowest BCUT2D eigenvalue weighted by atomic mass is 10.1. The van der Waals surface area contributed by atoms with E-state index in [0.29, 0.717) is 23.7 Å². The Hall–Kier alpha value is -3.87. The Balaban J connectivity index is 2.02. The number of rotatable bonds is 10. The van der Waals surface area contributed by atoms with Gasteiger partial charge in [0.15, 0.2) is 17.3 Å². The molecule has 39 heavy (non-hydrogen) atoms. The maximum absolute atomic E-state index is 14.0. The Kier molecular flexibility index (Phi) is 8.15. The van der Waals surface area contributed by atoms with Crippen LogP contribution in [0.4, 0.5) is 36.6 Å². The predicted octanol–water partition coefficient (Wildman–Crippen LogP) is 5.34. The van der Waals surface area contributed by atoms with E-state index in [1.54, 1.807) is 6.92 Å². The van der Waals surface area contributed by atoms with Crippen LogP contribution in [0.3, 0.4) is 0 Å². The van der Waals surface area contributed by atoms with Gasteiger partial charge in [0.2, 0.25) is 0 Å². The Labute approximate surface area is 221 Å². The maximum Gasteiger partial charge on any atom is 0.459 e. The molecule has 1 fully saturated rings. The van der Waals surface area contributed by atoms with Gasteiger partial charge in [-0.05, 0) is 25.8 Å². The van der Waals surface area contributed by atoms with Crippen molar-refractivity contribution < 1.29 is 40.3 Å². The van der Waals surface area contributed by atoms with Gasteiger partial charge in [0.25, 0.3) is 5.91 Å². The number of hydrogen-bond donors (Lipinski definition) is 2. The van der Waals surface area contributed by atoms with E-state index in [1.165, 1.54) is 11.0 Å². The van der Waals surface area contributed by atoms with Crippen molar-refractivity contribution in [2.75, 3.05) is 11.9 Å². The Morgan fingerprint density at radius 2 is 2.03 bits per heavy atom. The monoisotopic (exact) mass is 581 g/mol. The minimum Gasteiger partial charge on any atom is -0.429 e. The molecule has 1 amide bonds. The van der Waals surface area contributed by atoms with Gasteiger partial charge in [0.1, 0.15) is 10.7 Å². The highest BCUT2D eigenvalue weighted by atomic mass is 35.5. The average Bonchev–Trinajstić information content (AvgIpc) is 3.58. The van der Waals surface area contributed by atoms with Gasteiger partial charge in [-0.3, -0.25) is 4.79 Å². The van der Waals surface area contributed by atoms with Crippen LogP contribution >= 0.6 is 11.6 Å². The zero-order valence-electron chi connectivity index (χ0n) is 20.1. The van der Waals surface area contributed by atoms with Gasteiger partial charge in [-0.25, -0.2) is 9.67 Å². The average molecular weight is 582 g/mol. The number of hydrogen-bond acceptors (Lipinski definition) is 7. The fourth-order valence-corrected chi connectivity index (χ4v) is 3.84. The number of nitrogens with one attached hydrogen (secondary N) is 2. The van der Waals surface area contributed by atoms with E-state index in [9.17, 15) is 40.8 Å². The molecule has 3 rings (SSSR count). The molecular formula is C22H19ClF7N7O2. The summed E-state index contributed by atoms with van der Waals surface area (Å²) in [5.74, 6) is -8.63. The molecule has 9 nitrogen and oxygen atoms in total. The largest absolute Gasteiger partial charge is 0.459 e. The fraction of sp³-hybridized carbons (Fsp3) is 0.409. The number of aryl methyl sites for hydroxylation is 1. The minimum absolute atomic E-state index is 0.0578. The van der Waals surface area contributed by atoms with E-state index in [1.807, 2.05) is 0 Å². The summed E-state index contributed by atoms with van der Waals surface area (Å²) in [7, 11) is 0.900. The Morgan fingerprint density at radius 1 is 1.38 bits per heavy atom. The molecule has 2 aromatic heterocycles. The van der Waals surface area contributed by atoms with Gasteiger partial charge in [0, 0.05) is 43.3 Å². The third-order valence-electron chi connectivity index (χ3n) is 5.80. The number of nitriles is 1. The molecule has 0 aromatic carbocycles. The van der Waals surface area contributed by atoms with Crippen molar-refractivity contribution in [1.29, 1.82) is 10.7 Å². The van der Waals surface area contributed by atoms with E-state index in [0.717, 1.165) is 19.4 Å². The molecule has 0 unspecified atom stereocenters. The van der Waals surface area contributed by atoms with Gasteiger partial charge in [-0.2, -0.15) is 41.1 Å². The second kappa shape index (κ2) is 10.7. The molecule has 210 valence electrons. The summed E-state index contributed by atoms with van der Waals surface area (Å²) in [5.41, 5.74) is -3.27. The summed E-state index contributed by atoms with van der Waals surface area (Å²) in [6, 6.07) is 3.32. The molecule has 0 aliphatic heterocycles. The number of allylic oxidation sites excluding steroid dienone is 1. The molecule has 17 heteroatoms. The van der Waals surface area contributed by atoms with E-state index in [-0.39, 0.29) is 28.4 Å². The third kappa shape index (κ3) is 5.63. The number of halogens is 8. The number of amides is 1. The molecule has 0 saturated heterocycles. The molecule has 1 saturated carbocycles. The number of ether oxygens (including phenoxy) is 1. The molecule has 1 aliphatic carbocycles. The van der Waals surface area contributed by atoms with E-state index in [4.69, 9.17) is 17.0 Å². The maximum atomic E-state index is 14.0. The van der Waals surface area contributed by atoms with Gasteiger partial charge >= 0.3 is 18.7 Å². The fourth-order valence-electron chi connectivity index (χ4n) is 3.66. The first-order valence-electron chi connectivity index (χ1n) is 11.0. The van der Waals surface area contributed by atoms with Crippen LogP contribution in [0.2, 0.25) is 5.15 Å². The lowest BCUT2D eigenvalue weighted by Crippen LogP contribution is -2.41. The van der Waals surface area contributed by atoms with Crippen LogP contribution in [-0.4, -0.2) is 56.7 Å². The summed E-state index contributed by atoms with van der Waals surface area (Å²) in [5, 5.41) is 22.2. The zero-order valence-corrected chi connectivity index (χ0v) is 20.8. The molecule has 1 aliphatic rings. The molecule has 0 radical (unpaired) electrons. The number of carbonyl (C=O) groups is 1. The summed E-state index contributed by atoms with van der Waals surface area (Å²) < 4.78 is 96.9. The highest BCUT2D eigenvalue weighted by Crippen LogP contribution is 2.49. The molecule has 2 N–H and O–H groups in total. The number of nitrogens with zero attached hydrogens (tertiary/aromatic N) is 5. The first-order valence-corrected chi connectivity index (χ1v) is 11.3. The van der Waals surface area contributed by atoms with E-state index >= 15 is 0 Å². The smallest absolute Gasteiger partial charge is 0.429 e. The van der Waals surface area contributed by atoms with Crippen LogP contribution < -0.4 is 10.1 Å². The first-order chi connectivity index (χ1) is 18.1. The van der Waals surface area contributed by atoms with Crippen molar-refractivity contribution in [3.8, 4) is 11.8 Å². The summed E-state index contributed by atoms with van der Waals surface area (Å²) in [6.45, 7) is -1.93. The van der Waals surface area contributed by atoms with Crippen LogP contribution in [0, 0.1) is 16.7 Å². The topological polar surface area (TPSA) is 120 Å². The normalized spacial score (nSPS) is 15.1. The van der Waals surface area contributed by atoms with Gasteiger partial charge in [-0.1, -0.05) is 11.6 Å². The molecule has 2 aromatic rings. The van der Waals surface area contributed by atoms with Crippen molar-refractivity contribution in [1.82, 2.24) is 19.7 Å². The number of carbonyl (C=O) groups excluding carboxylic acids is 1. The minimum atomic E-state index is -6.16. The van der Waals surface area contributed by atoms with Crippen molar-refractivity contribution in [2.24, 2.45) is 7.05 Å². The lowest BCUT2D eigenvalue weighted by Gasteiger charge is -2.26. The molecule has 0 atom stereocenters. The first kappa shape index (κ1) is 29.7. The number of aromatic nitrogens is 3. The number of alkyl halides is 7. The van der Waals surface area contributed by atoms with Crippen LogP contribution in [0.1, 0.15) is 41.4 Å². The SMILES string of the molecule is CCN(C(=O)c1cc(/C(C=N)=C/Nc2c(OC(F)F)c(C(F)(F)C(F)(F)F)nn2C)cnc1Cl)C1(C#N)CC1. The molecule has 2 heterocycles. The lowest BCUT2D eigenvalue weighted by molar-refractivity contribution is -0.291. The van der Waals surface area contributed by atoms with Crippen LogP contribution in [-0.2, 0) is 13.0 Å².